The van der Waals surface area contributed by atoms with Crippen LogP contribution in [0.1, 0.15) is 10.4 Å². The van der Waals surface area contributed by atoms with Gasteiger partial charge in [-0.1, -0.05) is 0 Å². The molecule has 7 heteroatoms. The topological polar surface area (TPSA) is 54.9 Å². The molecule has 82 valence electrons. The van der Waals surface area contributed by atoms with E-state index in [1.54, 1.807) is 6.07 Å². The average Bonchev–Trinajstić information content (AvgIpc) is 2.74. The Morgan fingerprint density at radius 3 is 3.00 bits per heavy atom. The van der Waals surface area contributed by atoms with Gasteiger partial charge in [0, 0.05) is 15.1 Å². The van der Waals surface area contributed by atoms with Crippen LogP contribution in [0.25, 0.3) is 0 Å². The first-order valence-electron chi connectivity index (χ1n) is 4.20. The minimum atomic E-state index is -0.442. The van der Waals surface area contributed by atoms with Gasteiger partial charge in [0.05, 0.1) is 5.56 Å². The number of carbonyl (C=O) groups excluding carboxylic acids is 1. The Balaban J connectivity index is 2.24. The molecular formula is C9H5FIN3OS. The van der Waals surface area contributed by atoms with E-state index in [-0.39, 0.29) is 11.5 Å². The van der Waals surface area contributed by atoms with Gasteiger partial charge in [0.1, 0.15) is 12.1 Å². The second-order valence-corrected chi connectivity index (χ2v) is 4.77. The molecule has 0 aliphatic rings. The molecule has 4 nitrogen and oxygen atoms in total. The zero-order valence-electron chi connectivity index (χ0n) is 7.78. The predicted molar refractivity (Wildman–Crippen MR) is 67.0 cm³/mol. The molecule has 0 saturated heterocycles. The monoisotopic (exact) mass is 349 g/mol. The first-order chi connectivity index (χ1) is 7.66. The predicted octanol–water partition coefficient (Wildman–Crippen LogP) is 2.53. The molecule has 2 aromatic rings. The number of nitrogens with zero attached hydrogens (tertiary/aromatic N) is 2. The van der Waals surface area contributed by atoms with E-state index in [2.05, 4.69) is 14.7 Å². The summed E-state index contributed by atoms with van der Waals surface area (Å²) in [4.78, 5) is 15.6. The number of halogens is 2. The van der Waals surface area contributed by atoms with Gasteiger partial charge in [0.15, 0.2) is 0 Å². The fraction of sp³-hybridized carbons (Fsp3) is 0. The maximum Gasteiger partial charge on any atom is 0.258 e. The second kappa shape index (κ2) is 4.83. The van der Waals surface area contributed by atoms with E-state index in [9.17, 15) is 9.18 Å². The van der Waals surface area contributed by atoms with Crippen molar-refractivity contribution in [3.05, 3.63) is 39.5 Å². The molecule has 1 heterocycles. The summed E-state index contributed by atoms with van der Waals surface area (Å²) in [6.45, 7) is 0. The molecule has 1 aromatic heterocycles. The van der Waals surface area contributed by atoms with Gasteiger partial charge >= 0.3 is 0 Å². The molecule has 0 bridgehead atoms. The number of anilines is 1. The van der Waals surface area contributed by atoms with Crippen LogP contribution in [0.5, 0.6) is 0 Å². The molecule has 0 radical (unpaired) electrons. The van der Waals surface area contributed by atoms with Crippen LogP contribution in [0.2, 0.25) is 0 Å². The lowest BCUT2D eigenvalue weighted by atomic mass is 10.2. The van der Waals surface area contributed by atoms with Gasteiger partial charge < -0.3 is 0 Å². The molecule has 0 aliphatic heterocycles. The van der Waals surface area contributed by atoms with Gasteiger partial charge in [0.2, 0.25) is 5.13 Å². The van der Waals surface area contributed by atoms with Gasteiger partial charge in [-0.25, -0.2) is 9.37 Å². The van der Waals surface area contributed by atoms with Gasteiger partial charge in [-0.3, -0.25) is 10.1 Å². The zero-order chi connectivity index (χ0) is 11.5. The van der Waals surface area contributed by atoms with Crippen LogP contribution in [0.3, 0.4) is 0 Å². The Hall–Kier alpha value is -1.09. The van der Waals surface area contributed by atoms with Crippen LogP contribution in [0, 0.1) is 9.39 Å². The van der Waals surface area contributed by atoms with E-state index in [0.29, 0.717) is 8.70 Å². The Morgan fingerprint density at radius 1 is 1.50 bits per heavy atom. The van der Waals surface area contributed by atoms with E-state index in [4.69, 9.17) is 0 Å². The summed E-state index contributed by atoms with van der Waals surface area (Å²) < 4.78 is 17.4. The largest absolute Gasteiger partial charge is 0.297 e. The highest BCUT2D eigenvalue weighted by atomic mass is 127. The van der Waals surface area contributed by atoms with Crippen molar-refractivity contribution in [3.63, 3.8) is 0 Å². The highest BCUT2D eigenvalue weighted by molar-refractivity contribution is 14.1. The number of carbonyl (C=O) groups is 1. The molecule has 0 spiro atoms. The summed E-state index contributed by atoms with van der Waals surface area (Å²) in [5.41, 5.74) is 0.288. The molecule has 2 rings (SSSR count). The normalized spacial score (nSPS) is 10.1. The number of aromatic nitrogens is 2. The summed E-state index contributed by atoms with van der Waals surface area (Å²) in [5.74, 6) is -0.830. The van der Waals surface area contributed by atoms with Crippen LogP contribution < -0.4 is 5.32 Å². The van der Waals surface area contributed by atoms with Crippen molar-refractivity contribution in [2.75, 3.05) is 5.32 Å². The maximum absolute atomic E-state index is 13.0. The summed E-state index contributed by atoms with van der Waals surface area (Å²) >= 11 is 3.04. The van der Waals surface area contributed by atoms with E-state index >= 15 is 0 Å². The van der Waals surface area contributed by atoms with Crippen molar-refractivity contribution in [2.45, 2.75) is 0 Å². The number of nitrogens with one attached hydrogen (secondary N) is 1. The van der Waals surface area contributed by atoms with Crippen molar-refractivity contribution in [2.24, 2.45) is 0 Å². The molecular weight excluding hydrogens is 344 g/mol. The third-order valence-electron chi connectivity index (χ3n) is 1.75. The lowest BCUT2D eigenvalue weighted by Gasteiger charge is -2.03. The van der Waals surface area contributed by atoms with Crippen molar-refractivity contribution in [1.29, 1.82) is 0 Å². The van der Waals surface area contributed by atoms with E-state index < -0.39 is 5.82 Å². The molecule has 1 N–H and O–H groups in total. The Labute approximate surface area is 108 Å². The van der Waals surface area contributed by atoms with Gasteiger partial charge in [0.25, 0.3) is 5.91 Å². The Bertz CT molecular complexity index is 517. The lowest BCUT2D eigenvalue weighted by Crippen LogP contribution is -2.13. The van der Waals surface area contributed by atoms with Crippen LogP contribution in [-0.4, -0.2) is 15.3 Å². The second-order valence-electron chi connectivity index (χ2n) is 2.82. The van der Waals surface area contributed by atoms with Crippen LogP contribution in [-0.2, 0) is 0 Å². The molecule has 0 unspecified atom stereocenters. The third-order valence-corrected chi connectivity index (χ3v) is 3.28. The Kier molecular flexibility index (Phi) is 3.44. The fourth-order valence-corrected chi connectivity index (χ4v) is 2.07. The molecule has 0 atom stereocenters. The minimum absolute atomic E-state index is 0.288. The molecule has 0 fully saturated rings. The number of amides is 1. The van der Waals surface area contributed by atoms with Gasteiger partial charge in [-0.15, -0.1) is 0 Å². The number of rotatable bonds is 2. The standard InChI is InChI=1S/C9H5FIN3OS/c10-5-1-2-7(11)6(3-5)8(15)14-9-12-4-13-16-9/h1-4H,(H,12,13,14,15). The fourth-order valence-electron chi connectivity index (χ4n) is 1.06. The zero-order valence-corrected chi connectivity index (χ0v) is 10.8. The van der Waals surface area contributed by atoms with E-state index in [1.165, 1.54) is 18.5 Å². The molecule has 16 heavy (non-hydrogen) atoms. The quantitative estimate of drug-likeness (QED) is 0.848. The van der Waals surface area contributed by atoms with Crippen molar-refractivity contribution < 1.29 is 9.18 Å². The third kappa shape index (κ3) is 2.53. The summed E-state index contributed by atoms with van der Waals surface area (Å²) in [7, 11) is 0. The van der Waals surface area contributed by atoms with Crippen LogP contribution >= 0.6 is 34.1 Å². The van der Waals surface area contributed by atoms with Crippen molar-refractivity contribution in [3.8, 4) is 0 Å². The smallest absolute Gasteiger partial charge is 0.258 e. The molecule has 0 aliphatic carbocycles. The lowest BCUT2D eigenvalue weighted by molar-refractivity contribution is 0.102. The first kappa shape index (κ1) is 11.4. The summed E-state index contributed by atoms with van der Waals surface area (Å²) in [6, 6.07) is 4.05. The number of hydrogen-bond acceptors (Lipinski definition) is 4. The van der Waals surface area contributed by atoms with Crippen LogP contribution in [0.4, 0.5) is 9.52 Å². The van der Waals surface area contributed by atoms with Gasteiger partial charge in [-0.2, -0.15) is 4.37 Å². The van der Waals surface area contributed by atoms with Crippen molar-refractivity contribution >= 4 is 45.2 Å². The first-order valence-corrected chi connectivity index (χ1v) is 6.05. The van der Waals surface area contributed by atoms with Crippen LogP contribution in [0.15, 0.2) is 24.5 Å². The summed E-state index contributed by atoms with van der Waals surface area (Å²) in [5, 5.41) is 2.93. The molecule has 0 saturated carbocycles. The van der Waals surface area contributed by atoms with E-state index in [0.717, 1.165) is 11.5 Å². The SMILES string of the molecule is O=C(Nc1ncns1)c1cc(F)ccc1I. The highest BCUT2D eigenvalue weighted by Gasteiger charge is 2.12. The summed E-state index contributed by atoms with van der Waals surface area (Å²) in [6.07, 6.45) is 1.34. The van der Waals surface area contributed by atoms with Crippen molar-refractivity contribution in [1.82, 2.24) is 9.36 Å². The molecule has 1 amide bonds. The average molecular weight is 349 g/mol. The minimum Gasteiger partial charge on any atom is -0.297 e. The molecule has 1 aromatic carbocycles. The van der Waals surface area contributed by atoms with E-state index in [1.807, 2.05) is 22.6 Å². The number of benzene rings is 1. The highest BCUT2D eigenvalue weighted by Crippen LogP contribution is 2.16. The van der Waals surface area contributed by atoms with Gasteiger partial charge in [-0.05, 0) is 40.8 Å². The Morgan fingerprint density at radius 2 is 2.31 bits per heavy atom. The number of hydrogen-bond donors (Lipinski definition) is 1. The maximum atomic E-state index is 13.0.